The highest BCUT2D eigenvalue weighted by molar-refractivity contribution is 5.82. The summed E-state index contributed by atoms with van der Waals surface area (Å²) in [7, 11) is 0. The molecule has 0 unspecified atom stereocenters. The van der Waals surface area contributed by atoms with Crippen LogP contribution in [0.15, 0.2) is 24.3 Å². The van der Waals surface area contributed by atoms with Crippen molar-refractivity contribution in [3.8, 4) is 0 Å². The van der Waals surface area contributed by atoms with Crippen LogP contribution in [0.4, 0.5) is 5.69 Å². The fourth-order valence-corrected chi connectivity index (χ4v) is 2.50. The SMILES string of the molecule is Cc1ccccc1N1CCN(CC(=O)NCC(=O)O)CC1. The van der Waals surface area contributed by atoms with Crippen molar-refractivity contribution in [1.82, 2.24) is 10.2 Å². The predicted molar refractivity (Wildman–Crippen MR) is 80.5 cm³/mol. The van der Waals surface area contributed by atoms with E-state index in [0.29, 0.717) is 0 Å². The summed E-state index contributed by atoms with van der Waals surface area (Å²) in [5, 5.41) is 10.9. The fourth-order valence-electron chi connectivity index (χ4n) is 2.50. The molecule has 0 saturated carbocycles. The highest BCUT2D eigenvalue weighted by Crippen LogP contribution is 2.20. The van der Waals surface area contributed by atoms with E-state index < -0.39 is 5.97 Å². The Balaban J connectivity index is 1.79. The van der Waals surface area contributed by atoms with Crippen LogP contribution in [-0.4, -0.2) is 61.2 Å². The number of anilines is 1. The van der Waals surface area contributed by atoms with E-state index in [9.17, 15) is 9.59 Å². The molecule has 1 aliphatic heterocycles. The first kappa shape index (κ1) is 15.3. The van der Waals surface area contributed by atoms with Gasteiger partial charge in [0.05, 0.1) is 6.54 Å². The van der Waals surface area contributed by atoms with Crippen LogP contribution in [-0.2, 0) is 9.59 Å². The molecule has 0 bridgehead atoms. The Labute approximate surface area is 124 Å². The third kappa shape index (κ3) is 4.46. The Morgan fingerprint density at radius 1 is 1.19 bits per heavy atom. The number of amides is 1. The maximum Gasteiger partial charge on any atom is 0.322 e. The Kier molecular flexibility index (Phi) is 5.16. The van der Waals surface area contributed by atoms with E-state index in [1.165, 1.54) is 11.3 Å². The number of nitrogens with zero attached hydrogens (tertiary/aromatic N) is 2. The quantitative estimate of drug-likeness (QED) is 0.817. The lowest BCUT2D eigenvalue weighted by Crippen LogP contribution is -2.50. The van der Waals surface area contributed by atoms with Gasteiger partial charge in [-0.25, -0.2) is 0 Å². The minimum atomic E-state index is -1.02. The number of hydrogen-bond acceptors (Lipinski definition) is 4. The van der Waals surface area contributed by atoms with Gasteiger partial charge in [0.25, 0.3) is 0 Å². The summed E-state index contributed by atoms with van der Waals surface area (Å²) in [4.78, 5) is 26.4. The van der Waals surface area contributed by atoms with E-state index in [1.54, 1.807) is 0 Å². The van der Waals surface area contributed by atoms with Gasteiger partial charge in [0.2, 0.25) is 5.91 Å². The number of carboxylic acids is 1. The summed E-state index contributed by atoms with van der Waals surface area (Å²) in [6, 6.07) is 8.28. The van der Waals surface area contributed by atoms with Gasteiger partial charge < -0.3 is 15.3 Å². The normalized spacial score (nSPS) is 15.8. The summed E-state index contributed by atoms with van der Waals surface area (Å²) in [5.74, 6) is -1.26. The van der Waals surface area contributed by atoms with Crippen molar-refractivity contribution in [3.63, 3.8) is 0 Å². The van der Waals surface area contributed by atoms with Crippen LogP contribution >= 0.6 is 0 Å². The number of benzene rings is 1. The molecule has 1 heterocycles. The average molecular weight is 291 g/mol. The third-order valence-electron chi connectivity index (χ3n) is 3.63. The second-order valence-corrected chi connectivity index (χ2v) is 5.22. The van der Waals surface area contributed by atoms with Crippen LogP contribution < -0.4 is 10.2 Å². The first-order valence-electron chi connectivity index (χ1n) is 7.07. The molecular formula is C15H21N3O3. The molecule has 21 heavy (non-hydrogen) atoms. The molecule has 114 valence electrons. The second-order valence-electron chi connectivity index (χ2n) is 5.22. The molecule has 0 radical (unpaired) electrons. The molecule has 0 spiro atoms. The minimum absolute atomic E-state index is 0.234. The van der Waals surface area contributed by atoms with Crippen molar-refractivity contribution in [1.29, 1.82) is 0 Å². The zero-order chi connectivity index (χ0) is 15.2. The van der Waals surface area contributed by atoms with Crippen molar-refractivity contribution in [2.24, 2.45) is 0 Å². The van der Waals surface area contributed by atoms with Gasteiger partial charge in [-0.2, -0.15) is 0 Å². The molecule has 1 amide bonds. The summed E-state index contributed by atoms with van der Waals surface area (Å²) in [5.41, 5.74) is 2.50. The van der Waals surface area contributed by atoms with E-state index in [4.69, 9.17) is 5.11 Å². The van der Waals surface area contributed by atoms with Crippen molar-refractivity contribution in [3.05, 3.63) is 29.8 Å². The van der Waals surface area contributed by atoms with Crippen molar-refractivity contribution < 1.29 is 14.7 Å². The van der Waals surface area contributed by atoms with Crippen molar-refractivity contribution in [2.75, 3.05) is 44.2 Å². The fraction of sp³-hybridized carbons (Fsp3) is 0.467. The molecule has 2 N–H and O–H groups in total. The second kappa shape index (κ2) is 7.08. The van der Waals surface area contributed by atoms with Crippen LogP contribution in [0.1, 0.15) is 5.56 Å². The number of carbonyl (C=O) groups is 2. The number of aliphatic carboxylic acids is 1. The minimum Gasteiger partial charge on any atom is -0.480 e. The highest BCUT2D eigenvalue weighted by Gasteiger charge is 2.20. The van der Waals surface area contributed by atoms with E-state index in [-0.39, 0.29) is 19.0 Å². The number of para-hydroxylation sites is 1. The standard InChI is InChI=1S/C15H21N3O3/c1-12-4-2-3-5-13(12)18-8-6-17(7-9-18)11-14(19)16-10-15(20)21/h2-5H,6-11H2,1H3,(H,16,19)(H,20,21). The molecule has 6 nitrogen and oxygen atoms in total. The molecule has 1 aliphatic rings. The number of rotatable bonds is 5. The van der Waals surface area contributed by atoms with Crippen molar-refractivity contribution in [2.45, 2.75) is 6.92 Å². The molecule has 2 rings (SSSR count). The zero-order valence-electron chi connectivity index (χ0n) is 12.2. The number of nitrogens with one attached hydrogen (secondary N) is 1. The van der Waals surface area contributed by atoms with Crippen LogP contribution in [0.3, 0.4) is 0 Å². The van der Waals surface area contributed by atoms with Gasteiger partial charge in [-0.05, 0) is 18.6 Å². The first-order valence-corrected chi connectivity index (χ1v) is 7.07. The Bertz CT molecular complexity index is 511. The van der Waals surface area contributed by atoms with Gasteiger partial charge in [0.15, 0.2) is 0 Å². The summed E-state index contributed by atoms with van der Waals surface area (Å²) < 4.78 is 0. The van der Waals surface area contributed by atoms with Crippen LogP contribution in [0.5, 0.6) is 0 Å². The first-order chi connectivity index (χ1) is 10.1. The lowest BCUT2D eigenvalue weighted by molar-refractivity contribution is -0.138. The summed E-state index contributed by atoms with van der Waals surface area (Å²) in [6.07, 6.45) is 0. The largest absolute Gasteiger partial charge is 0.480 e. The summed E-state index contributed by atoms with van der Waals surface area (Å²) >= 11 is 0. The van der Waals surface area contributed by atoms with E-state index in [0.717, 1.165) is 26.2 Å². The average Bonchev–Trinajstić information content (AvgIpc) is 2.47. The molecule has 0 aliphatic carbocycles. The van der Waals surface area contributed by atoms with Crippen LogP contribution in [0.2, 0.25) is 0 Å². The lowest BCUT2D eigenvalue weighted by Gasteiger charge is -2.36. The maximum atomic E-state index is 11.6. The number of hydrogen-bond donors (Lipinski definition) is 2. The van der Waals surface area contributed by atoms with Crippen LogP contribution in [0.25, 0.3) is 0 Å². The number of aryl methyl sites for hydroxylation is 1. The van der Waals surface area contributed by atoms with E-state index >= 15 is 0 Å². The zero-order valence-corrected chi connectivity index (χ0v) is 12.2. The van der Waals surface area contributed by atoms with Gasteiger partial charge in [0.1, 0.15) is 6.54 Å². The van der Waals surface area contributed by atoms with Crippen LogP contribution in [0, 0.1) is 6.92 Å². The molecule has 0 aromatic heterocycles. The van der Waals surface area contributed by atoms with Gasteiger partial charge in [-0.3, -0.25) is 14.5 Å². The molecule has 6 heteroatoms. The Morgan fingerprint density at radius 2 is 1.86 bits per heavy atom. The maximum absolute atomic E-state index is 11.6. The monoisotopic (exact) mass is 291 g/mol. The number of carbonyl (C=O) groups excluding carboxylic acids is 1. The molecule has 1 saturated heterocycles. The van der Waals surface area contributed by atoms with Gasteiger partial charge in [0, 0.05) is 31.9 Å². The van der Waals surface area contributed by atoms with Gasteiger partial charge in [-0.15, -0.1) is 0 Å². The molecular weight excluding hydrogens is 270 g/mol. The van der Waals surface area contributed by atoms with Gasteiger partial charge in [-0.1, -0.05) is 18.2 Å². The van der Waals surface area contributed by atoms with Gasteiger partial charge >= 0.3 is 5.97 Å². The molecule has 1 aromatic rings. The van der Waals surface area contributed by atoms with Crippen molar-refractivity contribution >= 4 is 17.6 Å². The molecule has 0 atom stereocenters. The highest BCUT2D eigenvalue weighted by atomic mass is 16.4. The Morgan fingerprint density at radius 3 is 2.48 bits per heavy atom. The summed E-state index contributed by atoms with van der Waals surface area (Å²) in [6.45, 7) is 5.38. The Hall–Kier alpha value is -2.08. The van der Waals surface area contributed by atoms with E-state index in [2.05, 4.69) is 29.3 Å². The third-order valence-corrected chi connectivity index (χ3v) is 3.63. The topological polar surface area (TPSA) is 72.9 Å². The number of piperazine rings is 1. The van der Waals surface area contributed by atoms with E-state index in [1.807, 2.05) is 17.0 Å². The molecule has 1 fully saturated rings. The predicted octanol–water partition coefficient (Wildman–Crippen LogP) is 0.318. The lowest BCUT2D eigenvalue weighted by atomic mass is 10.1. The number of carboxylic acid groups (broad SMARTS) is 1. The smallest absolute Gasteiger partial charge is 0.322 e. The molecule has 1 aromatic carbocycles.